The molecule has 62 valence electrons. The number of nitrogens with two attached hydrogens (primary N) is 1. The second kappa shape index (κ2) is 2.11. The van der Waals surface area contributed by atoms with Gasteiger partial charge in [0.1, 0.15) is 0 Å². The van der Waals surface area contributed by atoms with Crippen LogP contribution in [0.25, 0.3) is 0 Å². The molecule has 0 aromatic carbocycles. The van der Waals surface area contributed by atoms with Crippen LogP contribution in [0.4, 0.5) is 4.79 Å². The molecule has 11 heavy (non-hydrogen) atoms. The van der Waals surface area contributed by atoms with Crippen LogP contribution in [0, 0.1) is 5.41 Å². The average Bonchev–Trinajstić information content (AvgIpc) is 1.79. The van der Waals surface area contributed by atoms with E-state index in [-0.39, 0.29) is 13.1 Å². The van der Waals surface area contributed by atoms with E-state index < -0.39 is 17.4 Å². The molecule has 0 spiro atoms. The summed E-state index contributed by atoms with van der Waals surface area (Å²) < 4.78 is 0. The van der Waals surface area contributed by atoms with Crippen molar-refractivity contribution in [2.75, 3.05) is 13.1 Å². The zero-order chi connectivity index (χ0) is 8.65. The molecule has 0 saturated carbocycles. The van der Waals surface area contributed by atoms with Crippen molar-refractivity contribution in [3.63, 3.8) is 0 Å². The lowest BCUT2D eigenvalue weighted by Crippen LogP contribution is -2.62. The Hall–Kier alpha value is -1.26. The van der Waals surface area contributed by atoms with Gasteiger partial charge in [-0.2, -0.15) is 0 Å². The third-order valence-electron chi connectivity index (χ3n) is 1.95. The van der Waals surface area contributed by atoms with E-state index in [2.05, 4.69) is 0 Å². The highest BCUT2D eigenvalue weighted by atomic mass is 16.4. The molecule has 0 aromatic heterocycles. The Kier molecular flexibility index (Phi) is 1.51. The number of hydrogen-bond donors (Lipinski definition) is 2. The number of primary amides is 1. The maximum atomic E-state index is 10.7. The topological polar surface area (TPSA) is 83.6 Å². The minimum absolute atomic E-state index is 0.220. The molecule has 1 saturated heterocycles. The fourth-order valence-corrected chi connectivity index (χ4v) is 1.09. The first-order valence-corrected chi connectivity index (χ1v) is 3.23. The Balaban J connectivity index is 2.50. The van der Waals surface area contributed by atoms with Gasteiger partial charge >= 0.3 is 6.09 Å². The first-order valence-electron chi connectivity index (χ1n) is 3.23. The normalized spacial score (nSPS) is 20.6. The van der Waals surface area contributed by atoms with Crippen LogP contribution in [0.15, 0.2) is 0 Å². The van der Waals surface area contributed by atoms with Crippen LogP contribution in [0.3, 0.4) is 0 Å². The zero-order valence-electron chi connectivity index (χ0n) is 6.20. The molecule has 3 N–H and O–H groups in total. The minimum atomic E-state index is -0.997. The van der Waals surface area contributed by atoms with Crippen molar-refractivity contribution in [3.8, 4) is 0 Å². The number of carbonyl (C=O) groups is 2. The van der Waals surface area contributed by atoms with Crippen LogP contribution in [-0.4, -0.2) is 35.1 Å². The van der Waals surface area contributed by atoms with E-state index in [9.17, 15) is 9.59 Å². The standard InChI is InChI=1S/C6H10N2O3/c1-6(4(7)9)2-8(3-6)5(10)11/h2-3H2,1H3,(H2,7,9)(H,10,11). The van der Waals surface area contributed by atoms with Crippen molar-refractivity contribution in [1.82, 2.24) is 4.90 Å². The second-order valence-electron chi connectivity index (χ2n) is 3.06. The number of amides is 2. The summed E-state index contributed by atoms with van der Waals surface area (Å²) in [6, 6.07) is 0. The summed E-state index contributed by atoms with van der Waals surface area (Å²) in [5, 5.41) is 8.42. The van der Waals surface area contributed by atoms with Gasteiger partial charge in [0, 0.05) is 13.1 Å². The van der Waals surface area contributed by atoms with E-state index in [0.717, 1.165) is 4.90 Å². The van der Waals surface area contributed by atoms with Gasteiger partial charge in [-0.15, -0.1) is 0 Å². The smallest absolute Gasteiger partial charge is 0.407 e. The lowest BCUT2D eigenvalue weighted by molar-refractivity contribution is -0.134. The zero-order valence-corrected chi connectivity index (χ0v) is 6.20. The van der Waals surface area contributed by atoms with E-state index in [1.165, 1.54) is 0 Å². The highest BCUT2D eigenvalue weighted by Crippen LogP contribution is 2.28. The molecular formula is C6H10N2O3. The average molecular weight is 158 g/mol. The van der Waals surface area contributed by atoms with Crippen molar-refractivity contribution in [2.45, 2.75) is 6.92 Å². The predicted octanol–water partition coefficient (Wildman–Crippen LogP) is -0.528. The summed E-state index contributed by atoms with van der Waals surface area (Å²) in [5.74, 6) is -0.435. The molecule has 5 heteroatoms. The van der Waals surface area contributed by atoms with E-state index in [1.807, 2.05) is 0 Å². The van der Waals surface area contributed by atoms with E-state index in [4.69, 9.17) is 10.8 Å². The predicted molar refractivity (Wildman–Crippen MR) is 36.9 cm³/mol. The van der Waals surface area contributed by atoms with Gasteiger partial charge in [0.25, 0.3) is 0 Å². The molecule has 5 nitrogen and oxygen atoms in total. The van der Waals surface area contributed by atoms with Crippen molar-refractivity contribution in [1.29, 1.82) is 0 Å². The molecule has 1 fully saturated rings. The van der Waals surface area contributed by atoms with Gasteiger partial charge in [0.2, 0.25) is 5.91 Å². The largest absolute Gasteiger partial charge is 0.465 e. The molecule has 0 bridgehead atoms. The molecule has 0 aromatic rings. The lowest BCUT2D eigenvalue weighted by atomic mass is 9.82. The van der Waals surface area contributed by atoms with Crippen molar-refractivity contribution >= 4 is 12.0 Å². The third-order valence-corrected chi connectivity index (χ3v) is 1.95. The van der Waals surface area contributed by atoms with Crippen molar-refractivity contribution in [2.24, 2.45) is 11.1 Å². The highest BCUT2D eigenvalue weighted by molar-refractivity contribution is 5.84. The summed E-state index contributed by atoms with van der Waals surface area (Å²) in [6.07, 6.45) is -0.997. The number of likely N-dealkylation sites (tertiary alicyclic amines) is 1. The molecule has 1 aliphatic heterocycles. The van der Waals surface area contributed by atoms with Crippen LogP contribution < -0.4 is 5.73 Å². The summed E-state index contributed by atoms with van der Waals surface area (Å²) in [7, 11) is 0. The van der Waals surface area contributed by atoms with E-state index >= 15 is 0 Å². The van der Waals surface area contributed by atoms with Crippen LogP contribution in [-0.2, 0) is 4.79 Å². The van der Waals surface area contributed by atoms with Crippen molar-refractivity contribution in [3.05, 3.63) is 0 Å². The van der Waals surface area contributed by atoms with Gasteiger partial charge in [0.05, 0.1) is 5.41 Å². The number of hydrogen-bond acceptors (Lipinski definition) is 2. The quantitative estimate of drug-likeness (QED) is 0.538. The molecule has 0 atom stereocenters. The maximum Gasteiger partial charge on any atom is 0.407 e. The maximum absolute atomic E-state index is 10.7. The van der Waals surface area contributed by atoms with Gasteiger partial charge in [0.15, 0.2) is 0 Å². The van der Waals surface area contributed by atoms with E-state index in [1.54, 1.807) is 6.92 Å². The summed E-state index contributed by atoms with van der Waals surface area (Å²) >= 11 is 0. The molecule has 2 amide bonds. The fraction of sp³-hybridized carbons (Fsp3) is 0.667. The number of carboxylic acid groups (broad SMARTS) is 1. The van der Waals surface area contributed by atoms with Crippen LogP contribution >= 0.6 is 0 Å². The summed E-state index contributed by atoms with van der Waals surface area (Å²) in [5.41, 5.74) is 4.40. The van der Waals surface area contributed by atoms with Gasteiger partial charge in [-0.25, -0.2) is 4.79 Å². The van der Waals surface area contributed by atoms with Gasteiger partial charge in [-0.05, 0) is 6.92 Å². The SMILES string of the molecule is CC1(C(N)=O)CN(C(=O)O)C1. The van der Waals surface area contributed by atoms with Crippen LogP contribution in [0.2, 0.25) is 0 Å². The third kappa shape index (κ3) is 1.13. The van der Waals surface area contributed by atoms with Crippen LogP contribution in [0.5, 0.6) is 0 Å². The number of rotatable bonds is 1. The number of nitrogens with zero attached hydrogens (tertiary/aromatic N) is 1. The molecular weight excluding hydrogens is 148 g/mol. The molecule has 1 aliphatic rings. The first kappa shape index (κ1) is 7.84. The molecule has 0 unspecified atom stereocenters. The fourth-order valence-electron chi connectivity index (χ4n) is 1.09. The first-order chi connectivity index (χ1) is 4.96. The summed E-state index contributed by atoms with van der Waals surface area (Å²) in [4.78, 5) is 22.1. The Morgan fingerprint density at radius 2 is 2.00 bits per heavy atom. The highest BCUT2D eigenvalue weighted by Gasteiger charge is 2.45. The van der Waals surface area contributed by atoms with Gasteiger partial charge in [-0.3, -0.25) is 4.79 Å². The minimum Gasteiger partial charge on any atom is -0.465 e. The lowest BCUT2D eigenvalue weighted by Gasteiger charge is -2.43. The molecule has 1 rings (SSSR count). The van der Waals surface area contributed by atoms with Crippen molar-refractivity contribution < 1.29 is 14.7 Å². The van der Waals surface area contributed by atoms with Gasteiger partial charge < -0.3 is 15.7 Å². The summed E-state index contributed by atoms with van der Waals surface area (Å²) in [6.45, 7) is 2.10. The van der Waals surface area contributed by atoms with E-state index in [0.29, 0.717) is 0 Å². The van der Waals surface area contributed by atoms with Crippen LogP contribution in [0.1, 0.15) is 6.92 Å². The second-order valence-corrected chi connectivity index (χ2v) is 3.06. The molecule has 0 aliphatic carbocycles. The Labute approximate surface area is 63.8 Å². The Morgan fingerprint density at radius 1 is 1.55 bits per heavy atom. The molecule has 0 radical (unpaired) electrons. The molecule has 1 heterocycles. The van der Waals surface area contributed by atoms with Gasteiger partial charge in [-0.1, -0.05) is 0 Å². The number of carbonyl (C=O) groups excluding carboxylic acids is 1. The Morgan fingerprint density at radius 3 is 2.27 bits per heavy atom. The Bertz CT molecular complexity index is 208. The monoisotopic (exact) mass is 158 g/mol.